The highest BCUT2D eigenvalue weighted by Crippen LogP contribution is 2.17. The number of carbonyl (C=O) groups is 1. The minimum absolute atomic E-state index is 0.00551. The van der Waals surface area contributed by atoms with Gasteiger partial charge in [-0.2, -0.15) is 0 Å². The zero-order valence-corrected chi connectivity index (χ0v) is 11.7. The molecule has 0 saturated carbocycles. The Bertz CT molecular complexity index is 454. The fraction of sp³-hybridized carbons (Fsp3) is 0.615. The van der Waals surface area contributed by atoms with Crippen LogP contribution in [0.4, 0.5) is 5.82 Å². The Morgan fingerprint density at radius 3 is 2.58 bits per heavy atom. The highest BCUT2D eigenvalue weighted by Gasteiger charge is 2.25. The number of hydrogen-bond acceptors (Lipinski definition) is 5. The van der Waals surface area contributed by atoms with Gasteiger partial charge >= 0.3 is 0 Å². The van der Waals surface area contributed by atoms with Gasteiger partial charge in [0.1, 0.15) is 17.8 Å². The van der Waals surface area contributed by atoms with Gasteiger partial charge in [-0.05, 0) is 26.8 Å². The first-order chi connectivity index (χ1) is 9.17. The summed E-state index contributed by atoms with van der Waals surface area (Å²) in [5.41, 5.74) is 1.31. The first kappa shape index (κ1) is 13.7. The molecule has 2 N–H and O–H groups in total. The van der Waals surface area contributed by atoms with E-state index in [2.05, 4.69) is 20.6 Å². The average molecular weight is 263 g/mol. The minimum Gasteiger partial charge on any atom is -0.373 e. The fourth-order valence-electron chi connectivity index (χ4n) is 2.44. The van der Waals surface area contributed by atoms with Crippen LogP contribution in [0.15, 0.2) is 6.33 Å². The molecule has 0 unspecified atom stereocenters. The largest absolute Gasteiger partial charge is 0.373 e. The molecule has 1 saturated heterocycles. The van der Waals surface area contributed by atoms with Crippen LogP contribution in [0, 0.1) is 6.92 Å². The smallest absolute Gasteiger partial charge is 0.272 e. The molecular formula is C13H21N5O. The molecule has 0 bridgehead atoms. The zero-order valence-electron chi connectivity index (χ0n) is 11.7. The summed E-state index contributed by atoms with van der Waals surface area (Å²) < 4.78 is 0. The molecule has 2 heterocycles. The van der Waals surface area contributed by atoms with E-state index in [-0.39, 0.29) is 5.91 Å². The number of aromatic nitrogens is 2. The van der Waals surface area contributed by atoms with E-state index in [9.17, 15) is 4.79 Å². The Labute approximate surface area is 113 Å². The Morgan fingerprint density at radius 2 is 2.00 bits per heavy atom. The number of anilines is 1. The maximum atomic E-state index is 12.5. The predicted octanol–water partition coefficient (Wildman–Crippen LogP) is 0.651. The van der Waals surface area contributed by atoms with Gasteiger partial charge in [-0.1, -0.05) is 0 Å². The summed E-state index contributed by atoms with van der Waals surface area (Å²) >= 11 is 0. The summed E-state index contributed by atoms with van der Waals surface area (Å²) in [6, 6.07) is 0.517. The van der Waals surface area contributed by atoms with Gasteiger partial charge in [0.15, 0.2) is 0 Å². The van der Waals surface area contributed by atoms with Gasteiger partial charge < -0.3 is 15.5 Å². The second-order valence-electron chi connectivity index (χ2n) is 4.80. The van der Waals surface area contributed by atoms with Gasteiger partial charge in [-0.15, -0.1) is 0 Å². The van der Waals surface area contributed by atoms with Crippen LogP contribution >= 0.6 is 0 Å². The topological polar surface area (TPSA) is 70.2 Å². The molecule has 1 aliphatic rings. The summed E-state index contributed by atoms with van der Waals surface area (Å²) in [5, 5.41) is 6.24. The Kier molecular flexibility index (Phi) is 4.31. The SMILES string of the molecule is CNc1ncnc(C(=O)N2CCC(NC)CC2)c1C. The van der Waals surface area contributed by atoms with Crippen molar-refractivity contribution in [3.8, 4) is 0 Å². The lowest BCUT2D eigenvalue weighted by Gasteiger charge is -2.31. The Morgan fingerprint density at radius 1 is 1.32 bits per heavy atom. The molecule has 0 aliphatic carbocycles. The number of nitrogens with zero attached hydrogens (tertiary/aromatic N) is 3. The van der Waals surface area contributed by atoms with Crippen LogP contribution in [0.1, 0.15) is 28.9 Å². The van der Waals surface area contributed by atoms with Gasteiger partial charge in [0.25, 0.3) is 5.91 Å². The zero-order chi connectivity index (χ0) is 13.8. The van der Waals surface area contributed by atoms with E-state index in [4.69, 9.17) is 0 Å². The maximum Gasteiger partial charge on any atom is 0.272 e. The third kappa shape index (κ3) is 2.84. The molecule has 0 radical (unpaired) electrons. The molecule has 6 heteroatoms. The first-order valence-electron chi connectivity index (χ1n) is 6.63. The van der Waals surface area contributed by atoms with E-state index >= 15 is 0 Å². The van der Waals surface area contributed by atoms with Gasteiger partial charge in [-0.25, -0.2) is 9.97 Å². The van der Waals surface area contributed by atoms with Gasteiger partial charge in [0.2, 0.25) is 0 Å². The minimum atomic E-state index is 0.00551. The summed E-state index contributed by atoms with van der Waals surface area (Å²) in [6.07, 6.45) is 3.42. The van der Waals surface area contributed by atoms with E-state index in [1.165, 1.54) is 6.33 Å². The van der Waals surface area contributed by atoms with E-state index in [0.717, 1.165) is 31.5 Å². The first-order valence-corrected chi connectivity index (χ1v) is 6.63. The lowest BCUT2D eigenvalue weighted by atomic mass is 10.0. The molecule has 104 valence electrons. The van der Waals surface area contributed by atoms with E-state index in [1.54, 1.807) is 7.05 Å². The summed E-state index contributed by atoms with van der Waals surface area (Å²) in [4.78, 5) is 22.6. The molecule has 2 rings (SSSR count). The summed E-state index contributed by atoms with van der Waals surface area (Å²) in [7, 11) is 3.76. The molecule has 6 nitrogen and oxygen atoms in total. The molecule has 0 spiro atoms. The molecule has 1 fully saturated rings. The molecule has 1 amide bonds. The van der Waals surface area contributed by atoms with Crippen LogP contribution in [0.5, 0.6) is 0 Å². The Hall–Kier alpha value is -1.69. The lowest BCUT2D eigenvalue weighted by Crippen LogP contribution is -2.44. The van der Waals surface area contributed by atoms with Crippen molar-refractivity contribution in [3.63, 3.8) is 0 Å². The molecule has 1 aromatic rings. The van der Waals surface area contributed by atoms with Crippen LogP contribution in [-0.4, -0.2) is 54.0 Å². The third-order valence-electron chi connectivity index (χ3n) is 3.71. The summed E-state index contributed by atoms with van der Waals surface area (Å²) in [6.45, 7) is 3.44. The van der Waals surface area contributed by atoms with E-state index in [0.29, 0.717) is 17.6 Å². The van der Waals surface area contributed by atoms with Crippen LogP contribution < -0.4 is 10.6 Å². The second-order valence-corrected chi connectivity index (χ2v) is 4.80. The number of nitrogens with one attached hydrogen (secondary N) is 2. The summed E-state index contributed by atoms with van der Waals surface area (Å²) in [5.74, 6) is 0.717. The molecule has 1 aromatic heterocycles. The van der Waals surface area contributed by atoms with Crippen molar-refractivity contribution in [2.75, 3.05) is 32.5 Å². The third-order valence-corrected chi connectivity index (χ3v) is 3.71. The molecule has 0 aromatic carbocycles. The number of amides is 1. The van der Waals surface area contributed by atoms with Gasteiger partial charge in [0, 0.05) is 31.7 Å². The maximum absolute atomic E-state index is 12.5. The van der Waals surface area contributed by atoms with Crippen LogP contribution in [0.25, 0.3) is 0 Å². The average Bonchev–Trinajstić information content (AvgIpc) is 2.47. The van der Waals surface area contributed by atoms with Crippen LogP contribution in [0.3, 0.4) is 0 Å². The van der Waals surface area contributed by atoms with Crippen molar-refractivity contribution < 1.29 is 4.79 Å². The van der Waals surface area contributed by atoms with E-state index < -0.39 is 0 Å². The standard InChI is InChI=1S/C13H21N5O/c1-9-11(16-8-17-12(9)15-3)13(19)18-6-4-10(14-2)5-7-18/h8,10,14H,4-7H2,1-3H3,(H,15,16,17). The quantitative estimate of drug-likeness (QED) is 0.838. The highest BCUT2D eigenvalue weighted by atomic mass is 16.2. The van der Waals surface area contributed by atoms with Crippen molar-refractivity contribution in [1.82, 2.24) is 20.2 Å². The van der Waals surface area contributed by atoms with Crippen molar-refractivity contribution in [1.29, 1.82) is 0 Å². The fourth-order valence-corrected chi connectivity index (χ4v) is 2.44. The van der Waals surface area contributed by atoms with Crippen LogP contribution in [0.2, 0.25) is 0 Å². The molecular weight excluding hydrogens is 242 g/mol. The predicted molar refractivity (Wildman–Crippen MR) is 74.3 cm³/mol. The second kappa shape index (κ2) is 5.97. The lowest BCUT2D eigenvalue weighted by molar-refractivity contribution is 0.0700. The van der Waals surface area contributed by atoms with Gasteiger partial charge in [-0.3, -0.25) is 4.79 Å². The van der Waals surface area contributed by atoms with Crippen molar-refractivity contribution in [2.45, 2.75) is 25.8 Å². The number of likely N-dealkylation sites (tertiary alicyclic amines) is 1. The number of hydrogen-bond donors (Lipinski definition) is 2. The van der Waals surface area contributed by atoms with Crippen molar-refractivity contribution in [3.05, 3.63) is 17.6 Å². The van der Waals surface area contributed by atoms with Gasteiger partial charge in [0.05, 0.1) is 0 Å². The normalized spacial score (nSPS) is 16.5. The number of carbonyl (C=O) groups excluding carboxylic acids is 1. The van der Waals surface area contributed by atoms with Crippen molar-refractivity contribution in [2.24, 2.45) is 0 Å². The van der Waals surface area contributed by atoms with Crippen molar-refractivity contribution >= 4 is 11.7 Å². The Balaban J connectivity index is 2.12. The molecule has 0 atom stereocenters. The highest BCUT2D eigenvalue weighted by molar-refractivity contribution is 5.94. The molecule has 19 heavy (non-hydrogen) atoms. The number of piperidine rings is 1. The molecule has 1 aliphatic heterocycles. The van der Waals surface area contributed by atoms with E-state index in [1.807, 2.05) is 18.9 Å². The van der Waals surface area contributed by atoms with Crippen LogP contribution in [-0.2, 0) is 0 Å². The monoisotopic (exact) mass is 263 g/mol. The number of rotatable bonds is 3.